The molecule has 2 fully saturated rings. The van der Waals surface area contributed by atoms with Gasteiger partial charge < -0.3 is 15.4 Å². The number of rotatable bonds is 6. The maximum Gasteiger partial charge on any atom is 0.239 e. The number of likely N-dealkylation sites (N-methyl/N-ethyl adjacent to an activating group) is 1. The van der Waals surface area contributed by atoms with Crippen LogP contribution in [-0.2, 0) is 9.53 Å². The highest BCUT2D eigenvalue weighted by Crippen LogP contribution is 2.25. The summed E-state index contributed by atoms with van der Waals surface area (Å²) in [6.07, 6.45) is 2.60. The Balaban J connectivity index is 1.67. The van der Waals surface area contributed by atoms with E-state index in [-0.39, 0.29) is 18.1 Å². The number of amides is 1. The molecule has 0 radical (unpaired) electrons. The molecule has 104 valence electrons. The molecule has 2 rings (SSSR count). The summed E-state index contributed by atoms with van der Waals surface area (Å²) in [4.78, 5) is 14.4. The molecule has 1 saturated heterocycles. The second-order valence-corrected chi connectivity index (χ2v) is 5.16. The molecule has 5 heteroatoms. The Morgan fingerprint density at radius 3 is 2.89 bits per heavy atom. The highest BCUT2D eigenvalue weighted by molar-refractivity contribution is 5.82. The van der Waals surface area contributed by atoms with Gasteiger partial charge >= 0.3 is 0 Å². The van der Waals surface area contributed by atoms with Crippen LogP contribution in [0.25, 0.3) is 0 Å². The van der Waals surface area contributed by atoms with Crippen molar-refractivity contribution in [3.05, 3.63) is 0 Å². The van der Waals surface area contributed by atoms with E-state index in [1.165, 1.54) is 12.8 Å². The molecule has 0 aromatic rings. The molecule has 0 aromatic carbocycles. The number of ether oxygens (including phenoxy) is 1. The maximum absolute atomic E-state index is 12.0. The Hall–Kier alpha value is -0.650. The van der Waals surface area contributed by atoms with Gasteiger partial charge in [0.25, 0.3) is 0 Å². The van der Waals surface area contributed by atoms with E-state index in [1.807, 2.05) is 6.92 Å². The molecule has 2 atom stereocenters. The summed E-state index contributed by atoms with van der Waals surface area (Å²) in [6, 6.07) is 0.566. The molecular formula is C13H25N3O2. The molecule has 5 nitrogen and oxygen atoms in total. The Kier molecular flexibility index (Phi) is 4.97. The third kappa shape index (κ3) is 3.67. The van der Waals surface area contributed by atoms with Crippen molar-refractivity contribution in [2.45, 2.75) is 44.9 Å². The summed E-state index contributed by atoms with van der Waals surface area (Å²) < 4.78 is 5.47. The van der Waals surface area contributed by atoms with Crippen molar-refractivity contribution in [1.29, 1.82) is 0 Å². The average Bonchev–Trinajstić information content (AvgIpc) is 3.19. The van der Waals surface area contributed by atoms with Gasteiger partial charge in [0.15, 0.2) is 0 Å². The smallest absolute Gasteiger partial charge is 0.239 e. The van der Waals surface area contributed by atoms with Crippen LogP contribution in [0.15, 0.2) is 0 Å². The number of carbonyl (C=O) groups excluding carboxylic acids is 1. The summed E-state index contributed by atoms with van der Waals surface area (Å²) in [5.74, 6) is 0.0639. The third-order valence-corrected chi connectivity index (χ3v) is 3.77. The van der Waals surface area contributed by atoms with Gasteiger partial charge in [-0.2, -0.15) is 0 Å². The van der Waals surface area contributed by atoms with E-state index < -0.39 is 0 Å². The number of nitrogens with one attached hydrogen (secondary N) is 2. The van der Waals surface area contributed by atoms with Crippen molar-refractivity contribution in [2.75, 3.05) is 32.8 Å². The van der Waals surface area contributed by atoms with Gasteiger partial charge in [-0.1, -0.05) is 6.92 Å². The first-order valence-electron chi connectivity index (χ1n) is 7.09. The monoisotopic (exact) mass is 255 g/mol. The summed E-state index contributed by atoms with van der Waals surface area (Å²) >= 11 is 0. The summed E-state index contributed by atoms with van der Waals surface area (Å²) in [5.41, 5.74) is 0. The Bertz CT molecular complexity index is 281. The Morgan fingerprint density at radius 1 is 1.50 bits per heavy atom. The second kappa shape index (κ2) is 6.50. The average molecular weight is 255 g/mol. The number of hydrogen-bond acceptors (Lipinski definition) is 4. The van der Waals surface area contributed by atoms with Gasteiger partial charge in [0.1, 0.15) is 6.04 Å². The fraction of sp³-hybridized carbons (Fsp3) is 0.923. The fourth-order valence-corrected chi connectivity index (χ4v) is 2.50. The van der Waals surface area contributed by atoms with Gasteiger partial charge in [0.2, 0.25) is 5.91 Å². The molecule has 1 saturated carbocycles. The van der Waals surface area contributed by atoms with E-state index in [1.54, 1.807) is 0 Å². The van der Waals surface area contributed by atoms with Crippen molar-refractivity contribution in [2.24, 2.45) is 0 Å². The van der Waals surface area contributed by atoms with Crippen molar-refractivity contribution in [3.63, 3.8) is 0 Å². The van der Waals surface area contributed by atoms with E-state index >= 15 is 0 Å². The van der Waals surface area contributed by atoms with Gasteiger partial charge in [0.05, 0.1) is 12.7 Å². The lowest BCUT2D eigenvalue weighted by atomic mass is 10.1. The van der Waals surface area contributed by atoms with Crippen LogP contribution in [0.2, 0.25) is 0 Å². The third-order valence-electron chi connectivity index (χ3n) is 3.77. The topological polar surface area (TPSA) is 53.6 Å². The Labute approximate surface area is 109 Å². The normalized spacial score (nSPS) is 28.4. The van der Waals surface area contributed by atoms with Gasteiger partial charge in [-0.15, -0.1) is 0 Å². The zero-order chi connectivity index (χ0) is 13.0. The van der Waals surface area contributed by atoms with E-state index in [9.17, 15) is 4.79 Å². The van der Waals surface area contributed by atoms with E-state index in [0.717, 1.165) is 32.2 Å². The highest BCUT2D eigenvalue weighted by atomic mass is 16.5. The largest absolute Gasteiger partial charge is 0.375 e. The van der Waals surface area contributed by atoms with Crippen LogP contribution in [0.4, 0.5) is 0 Å². The van der Waals surface area contributed by atoms with Crippen LogP contribution >= 0.6 is 0 Å². The van der Waals surface area contributed by atoms with Crippen LogP contribution in [0.3, 0.4) is 0 Å². The number of nitrogens with zero attached hydrogens (tertiary/aromatic N) is 1. The van der Waals surface area contributed by atoms with Crippen LogP contribution in [0.1, 0.15) is 26.7 Å². The number of carbonyl (C=O) groups is 1. The lowest BCUT2D eigenvalue weighted by Gasteiger charge is -2.29. The quantitative estimate of drug-likeness (QED) is 0.699. The highest BCUT2D eigenvalue weighted by Gasteiger charge is 2.29. The van der Waals surface area contributed by atoms with Gasteiger partial charge in [-0.05, 0) is 26.3 Å². The van der Waals surface area contributed by atoms with Crippen LogP contribution in [-0.4, -0.2) is 61.8 Å². The van der Waals surface area contributed by atoms with Gasteiger partial charge in [-0.25, -0.2) is 0 Å². The van der Waals surface area contributed by atoms with E-state index in [2.05, 4.69) is 22.5 Å². The van der Waals surface area contributed by atoms with E-state index in [0.29, 0.717) is 6.61 Å². The first-order chi connectivity index (χ1) is 8.72. The SMILES string of the molecule is CCN(CCNC(=O)[C@H]1NCCO[C@@H]1C)C1CC1. The molecule has 1 aliphatic heterocycles. The first-order valence-corrected chi connectivity index (χ1v) is 7.09. The van der Waals surface area contributed by atoms with Crippen LogP contribution in [0, 0.1) is 0 Å². The van der Waals surface area contributed by atoms with Crippen molar-refractivity contribution in [3.8, 4) is 0 Å². The fourth-order valence-electron chi connectivity index (χ4n) is 2.50. The molecular weight excluding hydrogens is 230 g/mol. The lowest BCUT2D eigenvalue weighted by molar-refractivity contribution is -0.128. The molecule has 18 heavy (non-hydrogen) atoms. The minimum atomic E-state index is -0.199. The zero-order valence-corrected chi connectivity index (χ0v) is 11.4. The molecule has 0 bridgehead atoms. The summed E-state index contributed by atoms with van der Waals surface area (Å²) in [6.45, 7) is 8.32. The molecule has 1 amide bonds. The number of morpholine rings is 1. The van der Waals surface area contributed by atoms with E-state index in [4.69, 9.17) is 4.74 Å². The summed E-state index contributed by atoms with van der Waals surface area (Å²) in [5, 5.41) is 6.21. The molecule has 0 aromatic heterocycles. The molecule has 2 aliphatic rings. The number of hydrogen-bond donors (Lipinski definition) is 2. The predicted octanol–water partition coefficient (Wildman–Crippen LogP) is -0.0362. The zero-order valence-electron chi connectivity index (χ0n) is 11.4. The molecule has 1 heterocycles. The van der Waals surface area contributed by atoms with Crippen molar-refractivity contribution >= 4 is 5.91 Å². The molecule has 0 spiro atoms. The molecule has 0 unspecified atom stereocenters. The van der Waals surface area contributed by atoms with Crippen molar-refractivity contribution in [1.82, 2.24) is 15.5 Å². The van der Waals surface area contributed by atoms with Gasteiger partial charge in [-0.3, -0.25) is 9.69 Å². The summed E-state index contributed by atoms with van der Waals surface area (Å²) in [7, 11) is 0. The standard InChI is InChI=1S/C13H25N3O2/c1-3-16(11-4-5-11)8-6-15-13(17)12-10(2)18-9-7-14-12/h10-12,14H,3-9H2,1-2H3,(H,15,17)/t10-,12+/m1/s1. The minimum Gasteiger partial charge on any atom is -0.375 e. The Morgan fingerprint density at radius 2 is 2.28 bits per heavy atom. The molecule has 1 aliphatic carbocycles. The van der Waals surface area contributed by atoms with Crippen LogP contribution in [0.5, 0.6) is 0 Å². The van der Waals surface area contributed by atoms with Crippen molar-refractivity contribution < 1.29 is 9.53 Å². The van der Waals surface area contributed by atoms with Gasteiger partial charge in [0, 0.05) is 25.7 Å². The predicted molar refractivity (Wildman–Crippen MR) is 70.5 cm³/mol. The second-order valence-electron chi connectivity index (χ2n) is 5.16. The minimum absolute atomic E-state index is 0.0375. The van der Waals surface area contributed by atoms with Crippen LogP contribution < -0.4 is 10.6 Å². The maximum atomic E-state index is 12.0. The molecule has 2 N–H and O–H groups in total. The lowest BCUT2D eigenvalue weighted by Crippen LogP contribution is -2.56. The first kappa shape index (κ1) is 13.8.